The van der Waals surface area contributed by atoms with Crippen molar-refractivity contribution >= 4 is 23.4 Å². The summed E-state index contributed by atoms with van der Waals surface area (Å²) in [6.07, 6.45) is 0. The first-order valence-electron chi connectivity index (χ1n) is 4.78. The third-order valence-corrected chi connectivity index (χ3v) is 2.62. The van der Waals surface area contributed by atoms with Crippen LogP contribution in [0.1, 0.15) is 28.8 Å². The Balaban J connectivity index is 3.22. The lowest BCUT2D eigenvalue weighted by molar-refractivity contribution is -0.121. The van der Waals surface area contributed by atoms with Crippen LogP contribution in [-0.4, -0.2) is 18.9 Å². The van der Waals surface area contributed by atoms with Crippen LogP contribution in [0, 0.1) is 0 Å². The Morgan fingerprint density at radius 3 is 2.56 bits per heavy atom. The third-order valence-electron chi connectivity index (χ3n) is 2.39. The van der Waals surface area contributed by atoms with Crippen LogP contribution in [0.2, 0.25) is 5.02 Å². The van der Waals surface area contributed by atoms with Crippen molar-refractivity contribution in [1.29, 1.82) is 0 Å². The molecule has 0 saturated carbocycles. The van der Waals surface area contributed by atoms with E-state index in [1.165, 1.54) is 6.07 Å². The predicted molar refractivity (Wildman–Crippen MR) is 62.5 cm³/mol. The van der Waals surface area contributed by atoms with Crippen LogP contribution in [0.4, 0.5) is 0 Å². The first-order chi connectivity index (χ1) is 7.47. The van der Waals surface area contributed by atoms with Gasteiger partial charge in [-0.1, -0.05) is 17.7 Å². The zero-order valence-electron chi connectivity index (χ0n) is 9.08. The average Bonchev–Trinajstić information content (AvgIpc) is 2.26. The van der Waals surface area contributed by atoms with Gasteiger partial charge in [-0.15, -0.1) is 0 Å². The summed E-state index contributed by atoms with van der Waals surface area (Å²) in [5, 5.41) is 2.94. The Kier molecular flexibility index (Phi) is 3.90. The van der Waals surface area contributed by atoms with Crippen LogP contribution in [0.5, 0.6) is 0 Å². The van der Waals surface area contributed by atoms with Gasteiger partial charge in [0.05, 0.1) is 5.92 Å². The van der Waals surface area contributed by atoms with Crippen molar-refractivity contribution in [1.82, 2.24) is 5.32 Å². The number of carbonyl (C=O) groups is 2. The van der Waals surface area contributed by atoms with Crippen molar-refractivity contribution in [2.75, 3.05) is 7.05 Å². The standard InChI is InChI=1S/C11H13ClN2O2/c1-6(11(16)14-2)8-4-3-7(12)5-9(8)10(13)15/h3-6H,1-2H3,(H2,13,15)(H,14,16)/t6-/m0/s1. The number of nitrogens with two attached hydrogens (primary N) is 1. The maximum atomic E-state index is 11.5. The molecule has 16 heavy (non-hydrogen) atoms. The molecule has 1 rings (SSSR count). The van der Waals surface area contributed by atoms with Crippen LogP contribution in [0.25, 0.3) is 0 Å². The van der Waals surface area contributed by atoms with Crippen LogP contribution in [-0.2, 0) is 4.79 Å². The molecule has 4 nitrogen and oxygen atoms in total. The topological polar surface area (TPSA) is 72.2 Å². The molecule has 0 saturated heterocycles. The Hall–Kier alpha value is -1.55. The van der Waals surface area contributed by atoms with Gasteiger partial charge in [-0.2, -0.15) is 0 Å². The Labute approximate surface area is 98.8 Å². The predicted octanol–water partition coefficient (Wildman–Crippen LogP) is 1.29. The number of hydrogen-bond donors (Lipinski definition) is 2. The second-order valence-electron chi connectivity index (χ2n) is 3.43. The number of amides is 2. The van der Waals surface area contributed by atoms with E-state index in [1.807, 2.05) is 0 Å². The van der Waals surface area contributed by atoms with E-state index >= 15 is 0 Å². The zero-order chi connectivity index (χ0) is 12.3. The molecule has 0 aliphatic carbocycles. The smallest absolute Gasteiger partial charge is 0.249 e. The molecule has 0 unspecified atom stereocenters. The summed E-state index contributed by atoms with van der Waals surface area (Å²) in [6, 6.07) is 4.74. The van der Waals surface area contributed by atoms with E-state index in [2.05, 4.69) is 5.32 Å². The highest BCUT2D eigenvalue weighted by Crippen LogP contribution is 2.23. The van der Waals surface area contributed by atoms with Gasteiger partial charge in [0.2, 0.25) is 11.8 Å². The molecular weight excluding hydrogens is 228 g/mol. The van der Waals surface area contributed by atoms with E-state index in [0.717, 1.165) is 0 Å². The molecule has 1 atom stereocenters. The largest absolute Gasteiger partial charge is 0.366 e. The summed E-state index contributed by atoms with van der Waals surface area (Å²) < 4.78 is 0. The van der Waals surface area contributed by atoms with Crippen molar-refractivity contribution in [2.24, 2.45) is 5.73 Å². The highest BCUT2D eigenvalue weighted by molar-refractivity contribution is 6.31. The molecule has 0 aliphatic heterocycles. The van der Waals surface area contributed by atoms with Crippen molar-refractivity contribution in [3.05, 3.63) is 34.3 Å². The van der Waals surface area contributed by atoms with E-state index < -0.39 is 11.8 Å². The Morgan fingerprint density at radius 2 is 2.06 bits per heavy atom. The molecule has 2 amide bonds. The molecule has 0 fully saturated rings. The van der Waals surface area contributed by atoms with Gasteiger partial charge >= 0.3 is 0 Å². The van der Waals surface area contributed by atoms with E-state index in [9.17, 15) is 9.59 Å². The number of nitrogens with one attached hydrogen (secondary N) is 1. The maximum absolute atomic E-state index is 11.5. The van der Waals surface area contributed by atoms with Crippen LogP contribution < -0.4 is 11.1 Å². The number of hydrogen-bond acceptors (Lipinski definition) is 2. The summed E-state index contributed by atoms with van der Waals surface area (Å²) in [7, 11) is 1.54. The summed E-state index contributed by atoms with van der Waals surface area (Å²) in [6.45, 7) is 1.70. The molecule has 3 N–H and O–H groups in total. The maximum Gasteiger partial charge on any atom is 0.249 e. The monoisotopic (exact) mass is 240 g/mol. The minimum atomic E-state index is -0.590. The second-order valence-corrected chi connectivity index (χ2v) is 3.87. The number of halogens is 1. The molecule has 0 aromatic heterocycles. The summed E-state index contributed by atoms with van der Waals surface area (Å²) in [5.41, 5.74) is 6.09. The molecular formula is C11H13ClN2O2. The highest BCUT2D eigenvalue weighted by atomic mass is 35.5. The Morgan fingerprint density at radius 1 is 1.44 bits per heavy atom. The van der Waals surface area contributed by atoms with Crippen LogP contribution in [0.3, 0.4) is 0 Å². The minimum Gasteiger partial charge on any atom is -0.366 e. The lowest BCUT2D eigenvalue weighted by Gasteiger charge is -2.13. The number of rotatable bonds is 3. The molecule has 1 aromatic rings. The third kappa shape index (κ3) is 2.52. The van der Waals surface area contributed by atoms with Gasteiger partial charge in [-0.05, 0) is 24.6 Å². The fourth-order valence-electron chi connectivity index (χ4n) is 1.48. The van der Waals surface area contributed by atoms with Crippen molar-refractivity contribution in [2.45, 2.75) is 12.8 Å². The van der Waals surface area contributed by atoms with E-state index in [0.29, 0.717) is 10.6 Å². The van der Waals surface area contributed by atoms with Gasteiger partial charge in [-0.3, -0.25) is 9.59 Å². The number of benzene rings is 1. The summed E-state index contributed by atoms with van der Waals surface area (Å²) >= 11 is 5.77. The molecule has 0 spiro atoms. The molecule has 1 aromatic carbocycles. The van der Waals surface area contributed by atoms with Gasteiger partial charge in [-0.25, -0.2) is 0 Å². The van der Waals surface area contributed by atoms with Gasteiger partial charge < -0.3 is 11.1 Å². The average molecular weight is 241 g/mol. The first-order valence-corrected chi connectivity index (χ1v) is 5.16. The van der Waals surface area contributed by atoms with Crippen molar-refractivity contribution in [3.63, 3.8) is 0 Å². The minimum absolute atomic E-state index is 0.176. The molecule has 0 bridgehead atoms. The quantitative estimate of drug-likeness (QED) is 0.836. The van der Waals surface area contributed by atoms with Crippen molar-refractivity contribution < 1.29 is 9.59 Å². The number of primary amides is 1. The first kappa shape index (κ1) is 12.5. The number of likely N-dealkylation sites (N-methyl/N-ethyl adjacent to an activating group) is 1. The van der Waals surface area contributed by atoms with E-state index in [1.54, 1.807) is 26.1 Å². The van der Waals surface area contributed by atoms with Gasteiger partial charge in [0.25, 0.3) is 0 Å². The Bertz CT molecular complexity index is 432. The van der Waals surface area contributed by atoms with E-state index in [-0.39, 0.29) is 11.5 Å². The normalized spacial score (nSPS) is 11.9. The van der Waals surface area contributed by atoms with E-state index in [4.69, 9.17) is 17.3 Å². The molecule has 0 heterocycles. The fraction of sp³-hybridized carbons (Fsp3) is 0.273. The molecule has 0 aliphatic rings. The molecule has 0 radical (unpaired) electrons. The van der Waals surface area contributed by atoms with Crippen LogP contribution >= 0.6 is 11.6 Å². The van der Waals surface area contributed by atoms with Gasteiger partial charge in [0, 0.05) is 17.6 Å². The van der Waals surface area contributed by atoms with Crippen LogP contribution in [0.15, 0.2) is 18.2 Å². The fourth-order valence-corrected chi connectivity index (χ4v) is 1.65. The van der Waals surface area contributed by atoms with Gasteiger partial charge in [0.15, 0.2) is 0 Å². The highest BCUT2D eigenvalue weighted by Gasteiger charge is 2.19. The zero-order valence-corrected chi connectivity index (χ0v) is 9.84. The lowest BCUT2D eigenvalue weighted by Crippen LogP contribution is -2.26. The number of carbonyl (C=O) groups excluding carboxylic acids is 2. The lowest BCUT2D eigenvalue weighted by atomic mass is 9.94. The summed E-state index contributed by atoms with van der Waals surface area (Å²) in [4.78, 5) is 22.7. The molecule has 86 valence electrons. The summed E-state index contributed by atoms with van der Waals surface area (Å²) in [5.74, 6) is -1.21. The SMILES string of the molecule is CNC(=O)[C@@H](C)c1ccc(Cl)cc1C(N)=O. The van der Waals surface area contributed by atoms with Gasteiger partial charge in [0.1, 0.15) is 0 Å². The van der Waals surface area contributed by atoms with Crippen molar-refractivity contribution in [3.8, 4) is 0 Å². The molecule has 5 heteroatoms. The second kappa shape index (κ2) is 4.99.